The van der Waals surface area contributed by atoms with Crippen LogP contribution in [0, 0.1) is 0 Å². The van der Waals surface area contributed by atoms with Crippen molar-refractivity contribution in [2.75, 3.05) is 0 Å². The quantitative estimate of drug-likeness (QED) is 0.104. The van der Waals surface area contributed by atoms with Crippen molar-refractivity contribution in [3.05, 3.63) is 0 Å². The van der Waals surface area contributed by atoms with Crippen LogP contribution in [-0.4, -0.2) is 70.3 Å². The van der Waals surface area contributed by atoms with Crippen LogP contribution < -0.4 is 0 Å². The Hall–Kier alpha value is 1.28. The smallest absolute Gasteiger partial charge is 0.286 e. The Morgan fingerprint density at radius 1 is 0.467 bits per heavy atom. The van der Waals surface area contributed by atoms with Crippen LogP contribution in [0.1, 0.15) is 103 Å². The monoisotopic (exact) mass is 546 g/mol. The minimum atomic E-state index is -0.857. The maximum atomic E-state index is 5.77. The first-order chi connectivity index (χ1) is 14.9. The van der Waals surface area contributed by atoms with Gasteiger partial charge in [-0.3, -0.25) is 0 Å². The predicted molar refractivity (Wildman–Crippen MR) is 147 cm³/mol. The average Bonchev–Trinajstić information content (AvgIpc) is 2.76. The minimum absolute atomic E-state index is 0.341. The zero-order valence-corrected chi connectivity index (χ0v) is 30.5. The number of rotatable bonds is 27. The van der Waals surface area contributed by atoms with E-state index < -0.39 is 50.0 Å². The third kappa shape index (κ3) is 29.3. The van der Waals surface area contributed by atoms with E-state index >= 15 is 0 Å². The molecule has 0 saturated carbocycles. The van der Waals surface area contributed by atoms with Gasteiger partial charge in [0.1, 0.15) is 20.2 Å². The van der Waals surface area contributed by atoms with Crippen LogP contribution in [-0.2, 0) is 24.7 Å². The van der Waals surface area contributed by atoms with Crippen molar-refractivity contribution >= 4 is 70.3 Å². The van der Waals surface area contributed by atoms with E-state index in [1.807, 2.05) is 0 Å². The summed E-state index contributed by atoms with van der Waals surface area (Å²) in [5, 5.41) is 0. The van der Waals surface area contributed by atoms with E-state index in [2.05, 4.69) is 6.92 Å². The standard InChI is InChI=1S/C17H50O6Si7/c1-2-3-4-5-6-7-8-9-10-11-12-13-14-15-16-17-25-19-27-21-29-23-30-22-28-20-26-18-24/h2-17,25-30H2,1,24H3. The van der Waals surface area contributed by atoms with Crippen LogP contribution in [0.25, 0.3) is 0 Å². The second-order valence-electron chi connectivity index (χ2n) is 7.91. The summed E-state index contributed by atoms with van der Waals surface area (Å²) in [6.07, 6.45) is 21.4. The summed E-state index contributed by atoms with van der Waals surface area (Å²) in [4.78, 5) is 0. The summed E-state index contributed by atoms with van der Waals surface area (Å²) in [6.45, 7) is 2.29. The highest BCUT2D eigenvalue weighted by molar-refractivity contribution is 6.48. The van der Waals surface area contributed by atoms with E-state index in [1.54, 1.807) is 0 Å². The fourth-order valence-corrected chi connectivity index (χ4v) is 14.5. The van der Waals surface area contributed by atoms with E-state index in [0.717, 1.165) is 10.5 Å². The number of hydrogen-bond acceptors (Lipinski definition) is 6. The van der Waals surface area contributed by atoms with Gasteiger partial charge in [0.05, 0.1) is 0 Å². The molecule has 6 nitrogen and oxygen atoms in total. The summed E-state index contributed by atoms with van der Waals surface area (Å²) >= 11 is 0. The van der Waals surface area contributed by atoms with Crippen LogP contribution >= 0.6 is 0 Å². The summed E-state index contributed by atoms with van der Waals surface area (Å²) < 4.78 is 32.6. The molecule has 182 valence electrons. The summed E-state index contributed by atoms with van der Waals surface area (Å²) in [7, 11) is -3.57. The highest BCUT2D eigenvalue weighted by Crippen LogP contribution is 2.13. The zero-order chi connectivity index (χ0) is 21.8. The van der Waals surface area contributed by atoms with Crippen molar-refractivity contribution in [1.82, 2.24) is 0 Å². The summed E-state index contributed by atoms with van der Waals surface area (Å²) in [5.41, 5.74) is 0. The molecule has 0 aliphatic heterocycles. The molecule has 0 aliphatic carbocycles. The minimum Gasteiger partial charge on any atom is -0.449 e. The second-order valence-corrected chi connectivity index (χ2v) is 20.7. The molecule has 0 aromatic heterocycles. The Morgan fingerprint density at radius 2 is 0.833 bits per heavy atom. The van der Waals surface area contributed by atoms with Crippen molar-refractivity contribution in [2.45, 2.75) is 109 Å². The molecule has 0 aromatic rings. The molecule has 0 aromatic carbocycles. The van der Waals surface area contributed by atoms with Crippen LogP contribution in [0.4, 0.5) is 0 Å². The molecule has 0 unspecified atom stereocenters. The highest BCUT2D eigenvalue weighted by atomic mass is 28.4. The first-order valence-electron chi connectivity index (χ1n) is 12.3. The molecule has 0 bridgehead atoms. The Morgan fingerprint density at radius 3 is 1.27 bits per heavy atom. The molecule has 30 heavy (non-hydrogen) atoms. The lowest BCUT2D eigenvalue weighted by Gasteiger charge is -2.07. The van der Waals surface area contributed by atoms with Gasteiger partial charge in [0.25, 0.3) is 50.0 Å². The van der Waals surface area contributed by atoms with Gasteiger partial charge in [0.2, 0.25) is 0 Å². The van der Waals surface area contributed by atoms with Crippen LogP contribution in [0.2, 0.25) is 6.04 Å². The van der Waals surface area contributed by atoms with Crippen LogP contribution in [0.15, 0.2) is 0 Å². The molecular formula is C17H50O6Si7. The first kappa shape index (κ1) is 31.3. The Labute approximate surface area is 203 Å². The normalized spacial score (nSPS) is 13.9. The van der Waals surface area contributed by atoms with Crippen LogP contribution in [0.3, 0.4) is 0 Å². The lowest BCUT2D eigenvalue weighted by Crippen LogP contribution is -2.19. The molecule has 0 atom stereocenters. The van der Waals surface area contributed by atoms with Crippen molar-refractivity contribution in [3.63, 3.8) is 0 Å². The molecule has 0 heterocycles. The summed E-state index contributed by atoms with van der Waals surface area (Å²) in [6, 6.07) is 1.31. The van der Waals surface area contributed by atoms with Crippen molar-refractivity contribution in [3.8, 4) is 0 Å². The zero-order valence-electron chi connectivity index (χ0n) is 20.0. The van der Waals surface area contributed by atoms with Gasteiger partial charge < -0.3 is 24.7 Å². The molecule has 0 saturated heterocycles. The van der Waals surface area contributed by atoms with Gasteiger partial charge in [-0.25, -0.2) is 0 Å². The Balaban J connectivity index is 2.97. The molecule has 0 fully saturated rings. The highest BCUT2D eigenvalue weighted by Gasteiger charge is 1.97. The molecule has 0 rings (SSSR count). The number of hydrogen-bond donors (Lipinski definition) is 0. The average molecular weight is 547 g/mol. The van der Waals surface area contributed by atoms with Gasteiger partial charge in [-0.1, -0.05) is 103 Å². The van der Waals surface area contributed by atoms with Gasteiger partial charge >= 0.3 is 0 Å². The SMILES string of the molecule is CCCCCCCCCCCCCCCCC[SiH2]O[SiH2]O[SiH2]O[SiH2]O[SiH2]O[SiH2]O[SiH3]. The third-order valence-electron chi connectivity index (χ3n) is 5.01. The molecular weight excluding hydrogens is 497 g/mol. The van der Waals surface area contributed by atoms with Crippen molar-refractivity contribution < 1.29 is 24.7 Å². The number of unbranched alkanes of at least 4 members (excludes halogenated alkanes) is 14. The molecule has 0 N–H and O–H groups in total. The van der Waals surface area contributed by atoms with Crippen molar-refractivity contribution in [1.29, 1.82) is 0 Å². The topological polar surface area (TPSA) is 55.4 Å². The third-order valence-corrected chi connectivity index (χ3v) is 13.9. The molecule has 0 amide bonds. The van der Waals surface area contributed by atoms with Crippen molar-refractivity contribution in [2.24, 2.45) is 0 Å². The predicted octanol–water partition coefficient (Wildman–Crippen LogP) is -0.266. The lowest BCUT2D eigenvalue weighted by atomic mass is 10.0. The molecule has 0 aliphatic rings. The van der Waals surface area contributed by atoms with E-state index in [0.29, 0.717) is 0 Å². The Kier molecular flexibility index (Phi) is 31.6. The van der Waals surface area contributed by atoms with Gasteiger partial charge in [0, 0.05) is 0 Å². The van der Waals surface area contributed by atoms with Gasteiger partial charge in [-0.15, -0.1) is 0 Å². The van der Waals surface area contributed by atoms with Gasteiger partial charge in [-0.2, -0.15) is 0 Å². The largest absolute Gasteiger partial charge is 0.449 e. The lowest BCUT2D eigenvalue weighted by molar-refractivity contribution is 0.379. The van der Waals surface area contributed by atoms with Crippen LogP contribution in [0.5, 0.6) is 0 Å². The first-order valence-corrected chi connectivity index (χ1v) is 20.5. The molecule has 13 heteroatoms. The summed E-state index contributed by atoms with van der Waals surface area (Å²) in [5.74, 6) is 0. The van der Waals surface area contributed by atoms with E-state index in [9.17, 15) is 0 Å². The molecule has 0 radical (unpaired) electrons. The van der Waals surface area contributed by atoms with E-state index in [4.69, 9.17) is 24.7 Å². The van der Waals surface area contributed by atoms with E-state index in [-0.39, 0.29) is 9.76 Å². The maximum absolute atomic E-state index is 5.77. The van der Waals surface area contributed by atoms with Gasteiger partial charge in [-0.05, 0) is 6.04 Å². The fraction of sp³-hybridized carbons (Fsp3) is 1.00. The van der Waals surface area contributed by atoms with Gasteiger partial charge in [0.15, 0.2) is 0 Å². The fourth-order valence-electron chi connectivity index (χ4n) is 3.27. The Bertz CT molecular complexity index is 284. The van der Waals surface area contributed by atoms with E-state index in [1.165, 1.54) is 102 Å². The maximum Gasteiger partial charge on any atom is 0.286 e. The second kappa shape index (κ2) is 30.3. The molecule has 0 spiro atoms.